The molecule has 10 heavy (non-hydrogen) atoms. The Morgan fingerprint density at radius 1 is 1.70 bits per heavy atom. The first-order chi connectivity index (χ1) is 4.77. The number of aldehydes is 1. The van der Waals surface area contributed by atoms with Crippen LogP contribution in [0.25, 0.3) is 0 Å². The highest BCUT2D eigenvalue weighted by Gasteiger charge is 1.91. The minimum absolute atomic E-state index is 0.0152. The lowest BCUT2D eigenvalue weighted by atomic mass is 10.7. The minimum Gasteiger partial charge on any atom is -0.465 e. The van der Waals surface area contributed by atoms with Gasteiger partial charge in [-0.3, -0.25) is 0 Å². The SMILES string of the molecule is O=CCOCCNC(=O)O. The Morgan fingerprint density at radius 2 is 2.40 bits per heavy atom. The summed E-state index contributed by atoms with van der Waals surface area (Å²) >= 11 is 0. The normalized spacial score (nSPS) is 8.80. The summed E-state index contributed by atoms with van der Waals surface area (Å²) in [7, 11) is 0. The molecule has 5 nitrogen and oxygen atoms in total. The summed E-state index contributed by atoms with van der Waals surface area (Å²) in [6, 6.07) is 0. The lowest BCUT2D eigenvalue weighted by Crippen LogP contribution is -2.25. The van der Waals surface area contributed by atoms with Crippen LogP contribution in [0.2, 0.25) is 0 Å². The summed E-state index contributed by atoms with van der Waals surface area (Å²) in [5, 5.41) is 10.1. The molecule has 0 aromatic heterocycles. The van der Waals surface area contributed by atoms with E-state index in [0.29, 0.717) is 6.29 Å². The van der Waals surface area contributed by atoms with E-state index in [9.17, 15) is 9.59 Å². The average molecular weight is 147 g/mol. The Labute approximate surface area is 58.0 Å². The Balaban J connectivity index is 2.90. The van der Waals surface area contributed by atoms with E-state index < -0.39 is 6.09 Å². The van der Waals surface area contributed by atoms with Gasteiger partial charge in [0.2, 0.25) is 0 Å². The largest absolute Gasteiger partial charge is 0.465 e. The molecule has 0 heterocycles. The van der Waals surface area contributed by atoms with Gasteiger partial charge in [0.25, 0.3) is 0 Å². The number of carboxylic acid groups (broad SMARTS) is 1. The average Bonchev–Trinajstić information content (AvgIpc) is 1.87. The Kier molecular flexibility index (Phi) is 5.36. The van der Waals surface area contributed by atoms with Gasteiger partial charge in [-0.05, 0) is 0 Å². The van der Waals surface area contributed by atoms with Crippen molar-refractivity contribution in [2.45, 2.75) is 0 Å². The maximum atomic E-state index is 9.80. The van der Waals surface area contributed by atoms with Gasteiger partial charge in [-0.15, -0.1) is 0 Å². The Hall–Kier alpha value is -1.10. The standard InChI is InChI=1S/C5H9NO4/c7-2-4-10-3-1-6-5(8)9/h2,6H,1,3-4H2,(H,8,9). The van der Waals surface area contributed by atoms with Crippen LogP contribution in [0.4, 0.5) is 4.79 Å². The maximum Gasteiger partial charge on any atom is 0.404 e. The molecule has 0 aliphatic rings. The third kappa shape index (κ3) is 6.90. The molecule has 0 aliphatic carbocycles. The van der Waals surface area contributed by atoms with Gasteiger partial charge < -0.3 is 20.0 Å². The van der Waals surface area contributed by atoms with Gasteiger partial charge in [0, 0.05) is 6.54 Å². The molecular formula is C5H9NO4. The molecule has 0 atom stereocenters. The van der Waals surface area contributed by atoms with Crippen LogP contribution in [0.1, 0.15) is 0 Å². The van der Waals surface area contributed by atoms with Gasteiger partial charge in [0.15, 0.2) is 0 Å². The molecular weight excluding hydrogens is 138 g/mol. The number of ether oxygens (including phenoxy) is 1. The van der Waals surface area contributed by atoms with Crippen LogP contribution < -0.4 is 5.32 Å². The molecule has 0 bridgehead atoms. The lowest BCUT2D eigenvalue weighted by Gasteiger charge is -1.98. The first-order valence-corrected chi connectivity index (χ1v) is 2.75. The highest BCUT2D eigenvalue weighted by molar-refractivity contribution is 5.64. The van der Waals surface area contributed by atoms with Crippen molar-refractivity contribution in [1.82, 2.24) is 5.32 Å². The number of nitrogens with one attached hydrogen (secondary N) is 1. The predicted octanol–water partition coefficient (Wildman–Crippen LogP) is -0.530. The Bertz CT molecular complexity index is 114. The second-order valence-electron chi connectivity index (χ2n) is 1.47. The van der Waals surface area contributed by atoms with E-state index >= 15 is 0 Å². The molecule has 5 heteroatoms. The maximum absolute atomic E-state index is 9.80. The van der Waals surface area contributed by atoms with Crippen LogP contribution in [0.5, 0.6) is 0 Å². The van der Waals surface area contributed by atoms with Crippen molar-refractivity contribution in [3.8, 4) is 0 Å². The molecule has 58 valence electrons. The van der Waals surface area contributed by atoms with Gasteiger partial charge in [-0.2, -0.15) is 0 Å². The zero-order valence-corrected chi connectivity index (χ0v) is 5.37. The van der Waals surface area contributed by atoms with E-state index in [1.165, 1.54) is 0 Å². The minimum atomic E-state index is -1.09. The molecule has 0 saturated heterocycles. The molecule has 0 aromatic carbocycles. The van der Waals surface area contributed by atoms with Gasteiger partial charge in [0.05, 0.1) is 6.61 Å². The summed E-state index contributed by atoms with van der Waals surface area (Å²) in [5.74, 6) is 0. The first kappa shape index (κ1) is 8.90. The van der Waals surface area contributed by atoms with Crippen LogP contribution in [0.15, 0.2) is 0 Å². The van der Waals surface area contributed by atoms with Crippen molar-refractivity contribution in [1.29, 1.82) is 0 Å². The van der Waals surface area contributed by atoms with Crippen molar-refractivity contribution in [2.24, 2.45) is 0 Å². The number of hydrogen-bond donors (Lipinski definition) is 2. The first-order valence-electron chi connectivity index (χ1n) is 2.75. The summed E-state index contributed by atoms with van der Waals surface area (Å²) in [6.45, 7) is 0.454. The number of carbonyl (C=O) groups excluding carboxylic acids is 1. The highest BCUT2D eigenvalue weighted by atomic mass is 16.5. The van der Waals surface area contributed by atoms with Crippen LogP contribution in [-0.4, -0.2) is 37.2 Å². The van der Waals surface area contributed by atoms with Crippen LogP contribution in [0, 0.1) is 0 Å². The quantitative estimate of drug-likeness (QED) is 0.405. The van der Waals surface area contributed by atoms with E-state index in [2.05, 4.69) is 10.1 Å². The smallest absolute Gasteiger partial charge is 0.404 e. The van der Waals surface area contributed by atoms with Gasteiger partial charge in [0.1, 0.15) is 12.9 Å². The fourth-order valence-corrected chi connectivity index (χ4v) is 0.362. The van der Waals surface area contributed by atoms with E-state index in [4.69, 9.17) is 5.11 Å². The summed E-state index contributed by atoms with van der Waals surface area (Å²) < 4.78 is 4.64. The van der Waals surface area contributed by atoms with Crippen molar-refractivity contribution in [3.05, 3.63) is 0 Å². The summed E-state index contributed by atoms with van der Waals surface area (Å²) in [5.41, 5.74) is 0. The predicted molar refractivity (Wildman–Crippen MR) is 32.9 cm³/mol. The lowest BCUT2D eigenvalue weighted by molar-refractivity contribution is -0.111. The van der Waals surface area contributed by atoms with Crippen molar-refractivity contribution in [2.75, 3.05) is 19.8 Å². The van der Waals surface area contributed by atoms with E-state index in [-0.39, 0.29) is 19.8 Å². The van der Waals surface area contributed by atoms with Gasteiger partial charge in [-0.25, -0.2) is 4.79 Å². The number of rotatable bonds is 5. The molecule has 2 N–H and O–H groups in total. The van der Waals surface area contributed by atoms with Crippen LogP contribution in [0.3, 0.4) is 0 Å². The van der Waals surface area contributed by atoms with Gasteiger partial charge in [-0.1, -0.05) is 0 Å². The second kappa shape index (κ2) is 6.03. The van der Waals surface area contributed by atoms with Crippen LogP contribution >= 0.6 is 0 Å². The third-order valence-electron chi connectivity index (χ3n) is 0.709. The molecule has 0 aromatic rings. The zero-order valence-electron chi connectivity index (χ0n) is 5.37. The third-order valence-corrected chi connectivity index (χ3v) is 0.709. The number of hydrogen-bond acceptors (Lipinski definition) is 3. The van der Waals surface area contributed by atoms with Crippen molar-refractivity contribution >= 4 is 12.4 Å². The van der Waals surface area contributed by atoms with Crippen LogP contribution in [-0.2, 0) is 9.53 Å². The molecule has 0 spiro atoms. The number of amides is 1. The van der Waals surface area contributed by atoms with Crippen molar-refractivity contribution < 1.29 is 19.4 Å². The molecule has 0 fully saturated rings. The molecule has 0 radical (unpaired) electrons. The van der Waals surface area contributed by atoms with Crippen molar-refractivity contribution in [3.63, 3.8) is 0 Å². The Morgan fingerprint density at radius 3 is 2.90 bits per heavy atom. The molecule has 0 aliphatic heterocycles. The molecule has 0 saturated carbocycles. The molecule has 0 unspecified atom stereocenters. The van der Waals surface area contributed by atoms with Gasteiger partial charge >= 0.3 is 6.09 Å². The second-order valence-corrected chi connectivity index (χ2v) is 1.47. The summed E-state index contributed by atoms with van der Waals surface area (Å²) in [6.07, 6.45) is -0.476. The highest BCUT2D eigenvalue weighted by Crippen LogP contribution is 1.68. The fourth-order valence-electron chi connectivity index (χ4n) is 0.362. The number of carbonyl (C=O) groups is 2. The molecule has 0 rings (SSSR count). The summed E-state index contributed by atoms with van der Waals surface area (Å²) in [4.78, 5) is 19.4. The van der Waals surface area contributed by atoms with E-state index in [0.717, 1.165) is 0 Å². The zero-order chi connectivity index (χ0) is 7.82. The van der Waals surface area contributed by atoms with E-state index in [1.54, 1.807) is 0 Å². The van der Waals surface area contributed by atoms with E-state index in [1.807, 2.05) is 0 Å². The fraction of sp³-hybridized carbons (Fsp3) is 0.600. The monoisotopic (exact) mass is 147 g/mol. The topological polar surface area (TPSA) is 75.6 Å². The molecule has 1 amide bonds.